The quantitative estimate of drug-likeness (QED) is 0.429. The number of hydrogen-bond donors (Lipinski definition) is 0. The van der Waals surface area contributed by atoms with E-state index in [1.165, 1.54) is 0 Å². The third-order valence-corrected chi connectivity index (χ3v) is 2.35. The molecule has 0 spiro atoms. The van der Waals surface area contributed by atoms with E-state index in [0.717, 1.165) is 20.3 Å². The highest BCUT2D eigenvalue weighted by Gasteiger charge is 2.13. The first kappa shape index (κ1) is 9.45. The molecule has 0 aliphatic carbocycles. The zero-order valence-electron chi connectivity index (χ0n) is 6.61. The maximum Gasteiger partial charge on any atom is 0.271 e. The van der Waals surface area contributed by atoms with Crippen molar-refractivity contribution in [2.24, 2.45) is 5.41 Å². The van der Waals surface area contributed by atoms with Crippen molar-refractivity contribution in [2.45, 2.75) is 20.7 Å². The van der Waals surface area contributed by atoms with Crippen molar-refractivity contribution < 1.29 is 4.65 Å². The van der Waals surface area contributed by atoms with Gasteiger partial charge in [0.15, 0.2) is 0 Å². The third-order valence-electron chi connectivity index (χ3n) is 1.25. The average molecular weight is 146 g/mol. The maximum atomic E-state index is 5.28. The summed E-state index contributed by atoms with van der Waals surface area (Å²) >= 11 is 0. The van der Waals surface area contributed by atoms with Crippen LogP contribution in [0.1, 0.15) is 13.8 Å². The topological polar surface area (TPSA) is 9.23 Å². The van der Waals surface area contributed by atoms with Crippen molar-refractivity contribution in [1.82, 2.24) is 0 Å². The highest BCUT2D eigenvalue weighted by atomic mass is 31.0. The molecule has 54 valence electrons. The molecule has 0 saturated carbocycles. The summed E-state index contributed by atoms with van der Waals surface area (Å²) in [7, 11) is 3.57. The Bertz CT molecular complexity index is 75.5. The van der Waals surface area contributed by atoms with Crippen molar-refractivity contribution in [2.75, 3.05) is 12.8 Å². The Morgan fingerprint density at radius 2 is 2.11 bits per heavy atom. The number of rotatable bonds is 4. The molecule has 0 aliphatic heterocycles. The lowest BCUT2D eigenvalue weighted by molar-refractivity contribution is 0.211. The molecule has 0 N–H and O–H groups in total. The van der Waals surface area contributed by atoms with Crippen LogP contribution in [0, 0.1) is 5.41 Å². The summed E-state index contributed by atoms with van der Waals surface area (Å²) < 4.78 is 5.28. The molecule has 0 heterocycles. The Morgan fingerprint density at radius 1 is 1.56 bits per heavy atom. The molecule has 0 aliphatic rings. The first-order valence-corrected chi connectivity index (χ1v) is 4.22. The van der Waals surface area contributed by atoms with E-state index in [4.69, 9.17) is 4.65 Å². The molecule has 1 atom stereocenters. The van der Waals surface area contributed by atoms with Gasteiger partial charge in [-0.2, -0.15) is 0 Å². The second kappa shape index (κ2) is 4.30. The molecule has 1 nitrogen and oxygen atoms in total. The Hall–Kier alpha value is 0.455. The van der Waals surface area contributed by atoms with Gasteiger partial charge in [-0.1, -0.05) is 20.7 Å². The van der Waals surface area contributed by atoms with Crippen molar-refractivity contribution in [3.8, 4) is 0 Å². The second-order valence-electron chi connectivity index (χ2n) is 3.01. The van der Waals surface area contributed by atoms with Gasteiger partial charge in [0, 0.05) is 6.61 Å². The van der Waals surface area contributed by atoms with Gasteiger partial charge in [-0.25, -0.2) is 0 Å². The normalized spacial score (nSPS) is 11.6. The van der Waals surface area contributed by atoms with E-state index in [2.05, 4.69) is 23.1 Å². The highest BCUT2D eigenvalue weighted by Crippen LogP contribution is 2.17. The van der Waals surface area contributed by atoms with Crippen LogP contribution in [0.25, 0.3) is 0 Å². The fourth-order valence-corrected chi connectivity index (χ4v) is 0.555. The molecule has 0 amide bonds. The van der Waals surface area contributed by atoms with E-state index in [1.54, 1.807) is 0 Å². The molecular formula is C6H16BOP. The monoisotopic (exact) mass is 146 g/mol. The molecule has 1 unspecified atom stereocenters. The van der Waals surface area contributed by atoms with Gasteiger partial charge >= 0.3 is 0 Å². The van der Waals surface area contributed by atoms with Gasteiger partial charge in [0.05, 0.1) is 0 Å². The fraction of sp³-hybridized carbons (Fsp3) is 1.00. The SMILES string of the molecule is CBOCC(C)(C)CP. The van der Waals surface area contributed by atoms with Gasteiger partial charge in [0.1, 0.15) is 0 Å². The zero-order valence-corrected chi connectivity index (χ0v) is 7.76. The average Bonchev–Trinajstić information content (AvgIpc) is 1.84. The molecule has 0 saturated heterocycles. The highest BCUT2D eigenvalue weighted by molar-refractivity contribution is 7.16. The summed E-state index contributed by atoms with van der Waals surface area (Å²) in [6.07, 6.45) is 1.10. The minimum Gasteiger partial charge on any atom is -0.439 e. The van der Waals surface area contributed by atoms with Crippen LogP contribution in [-0.4, -0.2) is 20.3 Å². The molecule has 0 fully saturated rings. The molecule has 0 rings (SSSR count). The first-order chi connectivity index (χ1) is 4.12. The Morgan fingerprint density at radius 3 is 2.44 bits per heavy atom. The molecule has 3 heteroatoms. The van der Waals surface area contributed by atoms with Crippen LogP contribution in [0.4, 0.5) is 0 Å². The summed E-state index contributed by atoms with van der Waals surface area (Å²) in [5.74, 6) is 0. The summed E-state index contributed by atoms with van der Waals surface area (Å²) in [4.78, 5) is 0. The minimum absolute atomic E-state index is 0.334. The summed E-state index contributed by atoms with van der Waals surface area (Å²) in [5, 5.41) is 0. The van der Waals surface area contributed by atoms with Crippen molar-refractivity contribution in [3.63, 3.8) is 0 Å². The van der Waals surface area contributed by atoms with Gasteiger partial charge < -0.3 is 4.65 Å². The largest absolute Gasteiger partial charge is 0.439 e. The van der Waals surface area contributed by atoms with Gasteiger partial charge in [0.25, 0.3) is 7.48 Å². The van der Waals surface area contributed by atoms with Gasteiger partial charge in [-0.3, -0.25) is 0 Å². The third kappa shape index (κ3) is 4.93. The van der Waals surface area contributed by atoms with E-state index in [-0.39, 0.29) is 0 Å². The predicted molar refractivity (Wildman–Crippen MR) is 47.3 cm³/mol. The first-order valence-electron chi connectivity index (χ1n) is 3.40. The van der Waals surface area contributed by atoms with Gasteiger partial charge in [0.2, 0.25) is 0 Å². The van der Waals surface area contributed by atoms with Crippen molar-refractivity contribution >= 4 is 16.7 Å². The number of hydrogen-bond acceptors (Lipinski definition) is 1. The summed E-state index contributed by atoms with van der Waals surface area (Å²) in [6.45, 7) is 7.30. The van der Waals surface area contributed by atoms with Crippen LogP contribution in [0.3, 0.4) is 0 Å². The fourth-order valence-electron chi connectivity index (χ4n) is 0.437. The molecule has 0 radical (unpaired) electrons. The van der Waals surface area contributed by atoms with Crippen molar-refractivity contribution in [1.29, 1.82) is 0 Å². The summed E-state index contributed by atoms with van der Waals surface area (Å²) in [6, 6.07) is 0. The van der Waals surface area contributed by atoms with E-state index < -0.39 is 0 Å². The van der Waals surface area contributed by atoms with Crippen molar-refractivity contribution in [3.05, 3.63) is 0 Å². The van der Waals surface area contributed by atoms with Crippen LogP contribution in [0.5, 0.6) is 0 Å². The van der Waals surface area contributed by atoms with Gasteiger partial charge in [-0.05, 0) is 11.6 Å². The Balaban J connectivity index is 3.33. The van der Waals surface area contributed by atoms with Crippen LogP contribution >= 0.6 is 9.24 Å². The molecule has 0 aromatic carbocycles. The lowest BCUT2D eigenvalue weighted by Gasteiger charge is -2.21. The smallest absolute Gasteiger partial charge is 0.271 e. The van der Waals surface area contributed by atoms with E-state index >= 15 is 0 Å². The lowest BCUT2D eigenvalue weighted by atomic mass is 9.96. The minimum atomic E-state index is 0.334. The van der Waals surface area contributed by atoms with Gasteiger partial charge in [-0.15, -0.1) is 9.24 Å². The molecule has 0 aromatic heterocycles. The Kier molecular flexibility index (Phi) is 4.52. The van der Waals surface area contributed by atoms with Crippen LogP contribution in [0.15, 0.2) is 0 Å². The lowest BCUT2D eigenvalue weighted by Crippen LogP contribution is -2.21. The molecular weight excluding hydrogens is 130 g/mol. The molecule has 9 heavy (non-hydrogen) atoms. The van der Waals surface area contributed by atoms with E-state index in [1.807, 2.05) is 6.82 Å². The Labute approximate surface area is 61.0 Å². The predicted octanol–water partition coefficient (Wildman–Crippen LogP) is 1.30. The van der Waals surface area contributed by atoms with E-state index in [9.17, 15) is 0 Å². The molecule has 0 aromatic rings. The second-order valence-corrected chi connectivity index (χ2v) is 3.41. The van der Waals surface area contributed by atoms with Crippen LogP contribution < -0.4 is 0 Å². The van der Waals surface area contributed by atoms with E-state index in [0.29, 0.717) is 5.41 Å². The maximum absolute atomic E-state index is 5.28. The zero-order chi connectivity index (χ0) is 7.33. The van der Waals surface area contributed by atoms with Crippen LogP contribution in [-0.2, 0) is 4.65 Å². The van der Waals surface area contributed by atoms with Crippen LogP contribution in [0.2, 0.25) is 6.82 Å². The standard InChI is InChI=1S/C6H16BOP/c1-6(2,5-9)4-8-7-3/h7H,4-5,9H2,1-3H3. The molecule has 0 bridgehead atoms. The summed E-state index contributed by atoms with van der Waals surface area (Å²) in [5.41, 5.74) is 0.334.